The molecule has 1 aromatic carbocycles. The molecule has 16 heavy (non-hydrogen) atoms. The minimum atomic E-state index is -0.413. The first-order valence-electron chi connectivity index (χ1n) is 5.27. The fourth-order valence-electron chi connectivity index (χ4n) is 1.31. The summed E-state index contributed by atoms with van der Waals surface area (Å²) in [5.41, 5.74) is 0.181. The highest BCUT2D eigenvalue weighted by Gasteiger charge is 2.09. The molecule has 0 aliphatic rings. The monoisotopic (exact) mass is 219 g/mol. The van der Waals surface area contributed by atoms with Crippen molar-refractivity contribution in [3.05, 3.63) is 34.7 Å². The van der Waals surface area contributed by atoms with Crippen LogP contribution in [0.25, 0.3) is 10.9 Å². The van der Waals surface area contributed by atoms with Gasteiger partial charge in [0.25, 0.3) is 0 Å². The van der Waals surface area contributed by atoms with E-state index in [2.05, 4.69) is 4.98 Å². The third kappa shape index (κ3) is 2.05. The number of hydrogen-bond donors (Lipinski definition) is 0. The zero-order valence-corrected chi connectivity index (χ0v) is 9.27. The van der Waals surface area contributed by atoms with Crippen molar-refractivity contribution in [2.24, 2.45) is 0 Å². The molecule has 4 nitrogen and oxygen atoms in total. The second-order valence-electron chi connectivity index (χ2n) is 3.62. The Kier molecular flexibility index (Phi) is 2.90. The SMILES string of the molecule is CCC(C)Oc1nc2ccccc2c(=O)o1. The summed E-state index contributed by atoms with van der Waals surface area (Å²) in [7, 11) is 0. The Morgan fingerprint density at radius 2 is 2.19 bits per heavy atom. The van der Waals surface area contributed by atoms with Crippen LogP contribution < -0.4 is 10.4 Å². The maximum atomic E-state index is 11.6. The molecule has 4 heteroatoms. The number of nitrogens with zero attached hydrogens (tertiary/aromatic N) is 1. The fraction of sp³-hybridized carbons (Fsp3) is 0.333. The molecule has 1 aromatic heterocycles. The maximum Gasteiger partial charge on any atom is 0.397 e. The molecule has 2 rings (SSSR count). The Morgan fingerprint density at radius 1 is 1.44 bits per heavy atom. The van der Waals surface area contributed by atoms with Crippen LogP contribution in [0.3, 0.4) is 0 Å². The number of fused-ring (bicyclic) bond motifs is 1. The summed E-state index contributed by atoms with van der Waals surface area (Å²) >= 11 is 0. The topological polar surface area (TPSA) is 52.3 Å². The van der Waals surface area contributed by atoms with E-state index < -0.39 is 5.63 Å². The summed E-state index contributed by atoms with van der Waals surface area (Å²) < 4.78 is 10.3. The summed E-state index contributed by atoms with van der Waals surface area (Å²) in [6.45, 7) is 3.89. The Morgan fingerprint density at radius 3 is 2.94 bits per heavy atom. The number of rotatable bonds is 3. The lowest BCUT2D eigenvalue weighted by atomic mass is 10.2. The number of hydrogen-bond acceptors (Lipinski definition) is 4. The average molecular weight is 219 g/mol. The minimum absolute atomic E-state index is 0.0168. The van der Waals surface area contributed by atoms with Gasteiger partial charge in [0.15, 0.2) is 0 Å². The lowest BCUT2D eigenvalue weighted by Crippen LogP contribution is -2.13. The molecule has 1 unspecified atom stereocenters. The normalized spacial score (nSPS) is 12.6. The quantitative estimate of drug-likeness (QED) is 0.795. The van der Waals surface area contributed by atoms with E-state index in [9.17, 15) is 4.79 Å². The first-order chi connectivity index (χ1) is 7.70. The fourth-order valence-corrected chi connectivity index (χ4v) is 1.31. The molecule has 0 bridgehead atoms. The van der Waals surface area contributed by atoms with Gasteiger partial charge in [-0.3, -0.25) is 0 Å². The lowest BCUT2D eigenvalue weighted by molar-refractivity contribution is 0.149. The van der Waals surface area contributed by atoms with Gasteiger partial charge in [0.2, 0.25) is 0 Å². The van der Waals surface area contributed by atoms with Crippen LogP contribution in [0.4, 0.5) is 0 Å². The molecular weight excluding hydrogens is 206 g/mol. The smallest absolute Gasteiger partial charge is 0.397 e. The Hall–Kier alpha value is -1.84. The van der Waals surface area contributed by atoms with Gasteiger partial charge >= 0.3 is 11.7 Å². The molecule has 0 spiro atoms. The van der Waals surface area contributed by atoms with Crippen molar-refractivity contribution in [3.63, 3.8) is 0 Å². The molecule has 0 saturated carbocycles. The third-order valence-corrected chi connectivity index (χ3v) is 2.39. The number of benzene rings is 1. The van der Waals surface area contributed by atoms with Crippen LogP contribution >= 0.6 is 0 Å². The number of aromatic nitrogens is 1. The average Bonchev–Trinajstić information content (AvgIpc) is 2.29. The Balaban J connectivity index is 2.46. The van der Waals surface area contributed by atoms with Crippen molar-refractivity contribution < 1.29 is 9.15 Å². The molecule has 84 valence electrons. The van der Waals surface area contributed by atoms with E-state index in [1.54, 1.807) is 18.2 Å². The van der Waals surface area contributed by atoms with Crippen molar-refractivity contribution in [1.29, 1.82) is 0 Å². The van der Waals surface area contributed by atoms with Crippen LogP contribution in [0, 0.1) is 0 Å². The Labute approximate surface area is 92.9 Å². The van der Waals surface area contributed by atoms with Crippen LogP contribution in [0.1, 0.15) is 20.3 Å². The third-order valence-electron chi connectivity index (χ3n) is 2.39. The number of para-hydroxylation sites is 1. The van der Waals surface area contributed by atoms with Crippen molar-refractivity contribution in [3.8, 4) is 6.08 Å². The molecule has 0 saturated heterocycles. The summed E-state index contributed by atoms with van der Waals surface area (Å²) in [5, 5.41) is 0.471. The van der Waals surface area contributed by atoms with E-state index in [-0.39, 0.29) is 12.2 Å². The first kappa shape index (κ1) is 10.7. The zero-order valence-electron chi connectivity index (χ0n) is 9.27. The van der Waals surface area contributed by atoms with Crippen molar-refractivity contribution in [2.45, 2.75) is 26.4 Å². The molecule has 1 heterocycles. The standard InChI is InChI=1S/C12H13NO3/c1-3-8(2)15-12-13-10-7-5-4-6-9(10)11(14)16-12/h4-8H,3H2,1-2H3. The van der Waals surface area contributed by atoms with Crippen LogP contribution in [0.5, 0.6) is 6.08 Å². The molecule has 1 atom stereocenters. The zero-order chi connectivity index (χ0) is 11.5. The van der Waals surface area contributed by atoms with Crippen LogP contribution in [0.2, 0.25) is 0 Å². The molecule has 0 aliphatic carbocycles. The highest BCUT2D eigenvalue weighted by atomic mass is 16.6. The van der Waals surface area contributed by atoms with Gasteiger partial charge in [0.1, 0.15) is 6.10 Å². The minimum Gasteiger partial charge on any atom is -0.447 e. The van der Waals surface area contributed by atoms with Gasteiger partial charge in [-0.25, -0.2) is 4.79 Å². The molecular formula is C12H13NO3. The van der Waals surface area contributed by atoms with Gasteiger partial charge in [0.05, 0.1) is 10.9 Å². The van der Waals surface area contributed by atoms with E-state index in [0.29, 0.717) is 10.9 Å². The summed E-state index contributed by atoms with van der Waals surface area (Å²) in [4.78, 5) is 15.7. The molecule has 0 fully saturated rings. The van der Waals surface area contributed by atoms with E-state index in [1.807, 2.05) is 19.9 Å². The summed E-state index contributed by atoms with van der Waals surface area (Å²) in [6, 6.07) is 7.04. The van der Waals surface area contributed by atoms with Gasteiger partial charge in [-0.2, -0.15) is 4.98 Å². The van der Waals surface area contributed by atoms with Gasteiger partial charge in [-0.05, 0) is 25.5 Å². The van der Waals surface area contributed by atoms with Crippen LogP contribution in [-0.2, 0) is 0 Å². The van der Waals surface area contributed by atoms with Crippen molar-refractivity contribution in [1.82, 2.24) is 4.98 Å². The van der Waals surface area contributed by atoms with Gasteiger partial charge in [-0.15, -0.1) is 0 Å². The van der Waals surface area contributed by atoms with Gasteiger partial charge < -0.3 is 9.15 Å². The largest absolute Gasteiger partial charge is 0.447 e. The molecule has 2 aromatic rings. The predicted molar refractivity (Wildman–Crippen MR) is 60.7 cm³/mol. The maximum absolute atomic E-state index is 11.6. The van der Waals surface area contributed by atoms with Crippen LogP contribution in [-0.4, -0.2) is 11.1 Å². The van der Waals surface area contributed by atoms with Gasteiger partial charge in [0, 0.05) is 0 Å². The molecule has 0 N–H and O–H groups in total. The summed E-state index contributed by atoms with van der Waals surface area (Å²) in [6.07, 6.45) is 0.855. The predicted octanol–water partition coefficient (Wildman–Crippen LogP) is 2.37. The van der Waals surface area contributed by atoms with E-state index in [1.165, 1.54) is 0 Å². The molecule has 0 amide bonds. The second kappa shape index (κ2) is 4.35. The molecule has 0 aliphatic heterocycles. The van der Waals surface area contributed by atoms with Crippen LogP contribution in [0.15, 0.2) is 33.5 Å². The Bertz CT molecular complexity index is 547. The van der Waals surface area contributed by atoms with E-state index in [4.69, 9.17) is 9.15 Å². The second-order valence-corrected chi connectivity index (χ2v) is 3.62. The highest BCUT2D eigenvalue weighted by Crippen LogP contribution is 2.13. The highest BCUT2D eigenvalue weighted by molar-refractivity contribution is 5.76. The lowest BCUT2D eigenvalue weighted by Gasteiger charge is -2.09. The first-order valence-corrected chi connectivity index (χ1v) is 5.27. The number of ether oxygens (including phenoxy) is 1. The van der Waals surface area contributed by atoms with Crippen molar-refractivity contribution >= 4 is 10.9 Å². The van der Waals surface area contributed by atoms with Gasteiger partial charge in [-0.1, -0.05) is 19.1 Å². The molecule has 0 radical (unpaired) electrons. The van der Waals surface area contributed by atoms with E-state index in [0.717, 1.165) is 6.42 Å². The van der Waals surface area contributed by atoms with Crippen molar-refractivity contribution in [2.75, 3.05) is 0 Å². The van der Waals surface area contributed by atoms with E-state index >= 15 is 0 Å². The summed E-state index contributed by atoms with van der Waals surface area (Å²) in [5.74, 6) is 0.